The average Bonchev–Trinajstić information content (AvgIpc) is 2.32. The van der Waals surface area contributed by atoms with Crippen LogP contribution in [0.2, 0.25) is 0 Å². The summed E-state index contributed by atoms with van der Waals surface area (Å²) < 4.78 is 7.39. The molecular formula is C8H17N2OS+. The number of ether oxygens (including phenoxy) is 1. The number of nitrogens with zero attached hydrogens (tertiary/aromatic N) is 2. The number of azo groups is 2. The first-order valence-electron chi connectivity index (χ1n) is 4.45. The summed E-state index contributed by atoms with van der Waals surface area (Å²) in [6, 6.07) is 0.602. The van der Waals surface area contributed by atoms with Crippen molar-refractivity contribution in [3.8, 4) is 0 Å². The quantitative estimate of drug-likeness (QED) is 0.496. The minimum Gasteiger partial charge on any atom is -0.367 e. The number of rotatable bonds is 2. The molecule has 1 saturated heterocycles. The first-order chi connectivity index (χ1) is 5.77. The zero-order valence-corrected chi connectivity index (χ0v) is 8.63. The summed E-state index contributed by atoms with van der Waals surface area (Å²) in [5.41, 5.74) is 0. The maximum atomic E-state index is 5.15. The molecule has 1 fully saturated rings. The largest absolute Gasteiger partial charge is 0.367 e. The van der Waals surface area contributed by atoms with Crippen LogP contribution in [0.3, 0.4) is 0 Å². The van der Waals surface area contributed by atoms with Crippen molar-refractivity contribution in [2.75, 3.05) is 38.8 Å². The number of thiol groups is 1. The molecule has 0 aliphatic carbocycles. The van der Waals surface area contributed by atoms with E-state index in [1.54, 1.807) is 0 Å². The molecule has 2 aliphatic heterocycles. The van der Waals surface area contributed by atoms with Gasteiger partial charge in [-0.1, -0.05) is 0 Å². The van der Waals surface area contributed by atoms with Crippen molar-refractivity contribution < 1.29 is 9.43 Å². The smallest absolute Gasteiger partial charge is 0.223 e. The summed E-state index contributed by atoms with van der Waals surface area (Å²) in [6.07, 6.45) is 4.69. The predicted octanol–water partition coefficient (Wildman–Crippen LogP) is 0.493. The Balaban J connectivity index is 1.87. The summed E-state index contributed by atoms with van der Waals surface area (Å²) in [6.45, 7) is 4.01. The Kier molecular flexibility index (Phi) is 2.37. The molecule has 0 saturated carbocycles. The van der Waals surface area contributed by atoms with E-state index in [1.165, 1.54) is 6.54 Å². The highest BCUT2D eigenvalue weighted by atomic mass is 32.2. The summed E-state index contributed by atoms with van der Waals surface area (Å²) in [5.74, 6) is 0. The fourth-order valence-electron chi connectivity index (χ4n) is 1.52. The van der Waals surface area contributed by atoms with Gasteiger partial charge in [0, 0.05) is 0 Å². The van der Waals surface area contributed by atoms with E-state index >= 15 is 0 Å². The predicted molar refractivity (Wildman–Crippen MR) is 51.7 cm³/mol. The van der Waals surface area contributed by atoms with Gasteiger partial charge in [-0.05, 0) is 17.6 Å². The minimum atomic E-state index is 0.190. The van der Waals surface area contributed by atoms with Gasteiger partial charge in [0.15, 0.2) is 6.54 Å². The van der Waals surface area contributed by atoms with Gasteiger partial charge in [0.1, 0.15) is 19.8 Å². The van der Waals surface area contributed by atoms with Crippen molar-refractivity contribution in [2.24, 2.45) is 5.11 Å². The molecule has 0 aromatic heterocycles. The SMILES string of the molecule is C[SH](C)C1CN=[N+](C2COC2)C1. The van der Waals surface area contributed by atoms with Crippen LogP contribution in [0, 0.1) is 0 Å². The van der Waals surface area contributed by atoms with Gasteiger partial charge in [-0.25, -0.2) is 10.9 Å². The van der Waals surface area contributed by atoms with Crippen LogP contribution in [-0.4, -0.2) is 54.8 Å². The molecule has 3 nitrogen and oxygen atoms in total. The third-order valence-electron chi connectivity index (χ3n) is 2.64. The molecule has 2 aliphatic rings. The molecule has 0 spiro atoms. The van der Waals surface area contributed by atoms with E-state index in [1.807, 2.05) is 0 Å². The molecular weight excluding hydrogens is 172 g/mol. The van der Waals surface area contributed by atoms with Gasteiger partial charge < -0.3 is 4.74 Å². The number of hydrogen-bond acceptors (Lipinski definition) is 2. The molecule has 0 aromatic carbocycles. The van der Waals surface area contributed by atoms with E-state index in [-0.39, 0.29) is 10.9 Å². The van der Waals surface area contributed by atoms with E-state index in [0.717, 1.165) is 25.0 Å². The van der Waals surface area contributed by atoms with Crippen molar-refractivity contribution in [3.63, 3.8) is 0 Å². The molecule has 2 heterocycles. The third-order valence-corrected chi connectivity index (χ3v) is 4.43. The lowest BCUT2D eigenvalue weighted by Gasteiger charge is -2.21. The molecule has 1 unspecified atom stereocenters. The van der Waals surface area contributed by atoms with Crippen molar-refractivity contribution in [3.05, 3.63) is 0 Å². The van der Waals surface area contributed by atoms with E-state index in [2.05, 4.69) is 22.3 Å². The van der Waals surface area contributed by atoms with E-state index < -0.39 is 0 Å². The van der Waals surface area contributed by atoms with E-state index in [9.17, 15) is 0 Å². The molecule has 0 aromatic rings. The lowest BCUT2D eigenvalue weighted by Crippen LogP contribution is -2.43. The number of hydrogen-bond donors (Lipinski definition) is 1. The van der Waals surface area contributed by atoms with Gasteiger partial charge in [0.2, 0.25) is 6.04 Å². The Morgan fingerprint density at radius 3 is 2.58 bits per heavy atom. The topological polar surface area (TPSA) is 24.6 Å². The van der Waals surface area contributed by atoms with Crippen molar-refractivity contribution in [2.45, 2.75) is 11.3 Å². The first kappa shape index (κ1) is 8.51. The Hall–Kier alpha value is -0.0900. The highest BCUT2D eigenvalue weighted by Crippen LogP contribution is 2.27. The lowest BCUT2D eigenvalue weighted by molar-refractivity contribution is -0.637. The average molecular weight is 189 g/mol. The zero-order valence-electron chi connectivity index (χ0n) is 7.73. The highest BCUT2D eigenvalue weighted by molar-refractivity contribution is 8.16. The zero-order chi connectivity index (χ0) is 8.55. The maximum absolute atomic E-state index is 5.15. The maximum Gasteiger partial charge on any atom is 0.223 e. The van der Waals surface area contributed by atoms with Gasteiger partial charge in [0.05, 0.1) is 5.25 Å². The van der Waals surface area contributed by atoms with Crippen LogP contribution in [0.1, 0.15) is 0 Å². The Morgan fingerprint density at radius 2 is 2.17 bits per heavy atom. The summed E-state index contributed by atoms with van der Waals surface area (Å²) in [4.78, 5) is 0. The molecule has 0 amide bonds. The Bertz CT molecular complexity index is 201. The molecule has 0 N–H and O–H groups in total. The fraction of sp³-hybridized carbons (Fsp3) is 1.00. The van der Waals surface area contributed by atoms with Gasteiger partial charge in [-0.2, -0.15) is 0 Å². The first-order valence-corrected chi connectivity index (χ1v) is 6.76. The van der Waals surface area contributed by atoms with Crippen LogP contribution in [0.5, 0.6) is 0 Å². The molecule has 12 heavy (non-hydrogen) atoms. The van der Waals surface area contributed by atoms with Crippen molar-refractivity contribution in [1.29, 1.82) is 0 Å². The Morgan fingerprint density at radius 1 is 1.42 bits per heavy atom. The van der Waals surface area contributed by atoms with Crippen LogP contribution >= 0.6 is 10.9 Å². The van der Waals surface area contributed by atoms with E-state index in [4.69, 9.17) is 4.74 Å². The van der Waals surface area contributed by atoms with Crippen molar-refractivity contribution in [1.82, 2.24) is 0 Å². The second-order valence-corrected chi connectivity index (χ2v) is 6.41. The monoisotopic (exact) mass is 189 g/mol. The van der Waals surface area contributed by atoms with Crippen LogP contribution in [-0.2, 0) is 4.74 Å². The van der Waals surface area contributed by atoms with Crippen molar-refractivity contribution >= 4 is 10.9 Å². The van der Waals surface area contributed by atoms with Crippen LogP contribution < -0.4 is 0 Å². The van der Waals surface area contributed by atoms with E-state index in [0.29, 0.717) is 6.04 Å². The van der Waals surface area contributed by atoms with Crippen LogP contribution in [0.4, 0.5) is 0 Å². The Labute approximate surface area is 76.1 Å². The lowest BCUT2D eigenvalue weighted by atomic mass is 10.2. The van der Waals surface area contributed by atoms with Gasteiger partial charge in [0.25, 0.3) is 0 Å². The molecule has 2 rings (SSSR count). The van der Waals surface area contributed by atoms with Gasteiger partial charge >= 0.3 is 0 Å². The van der Waals surface area contributed by atoms with Gasteiger partial charge in [-0.3, -0.25) is 0 Å². The molecule has 70 valence electrons. The second kappa shape index (κ2) is 3.34. The fourth-order valence-corrected chi connectivity index (χ4v) is 2.41. The van der Waals surface area contributed by atoms with Crippen LogP contribution in [0.25, 0.3) is 0 Å². The summed E-state index contributed by atoms with van der Waals surface area (Å²) in [7, 11) is 0.190. The van der Waals surface area contributed by atoms with Gasteiger partial charge in [-0.15, -0.1) is 4.70 Å². The standard InChI is InChI=1S/C8H17N2OS/c1-12(2)8-3-9-10(4-8)7-5-11-6-7/h7-8,12H,3-6H2,1-2H3/q+1. The molecule has 0 radical (unpaired) electrons. The second-order valence-electron chi connectivity index (χ2n) is 3.75. The summed E-state index contributed by atoms with van der Waals surface area (Å²) >= 11 is 0. The minimum absolute atomic E-state index is 0.190. The normalized spacial score (nSPS) is 31.3. The summed E-state index contributed by atoms with van der Waals surface area (Å²) in [5, 5.41) is 5.36. The molecule has 4 heteroatoms. The highest BCUT2D eigenvalue weighted by Gasteiger charge is 2.37. The van der Waals surface area contributed by atoms with Crippen LogP contribution in [0.15, 0.2) is 5.11 Å². The molecule has 0 bridgehead atoms. The third kappa shape index (κ3) is 1.50. The molecule has 1 atom stereocenters.